The first kappa shape index (κ1) is 9.46. The van der Waals surface area contributed by atoms with Gasteiger partial charge in [-0.15, -0.1) is 0 Å². The summed E-state index contributed by atoms with van der Waals surface area (Å²) in [5, 5.41) is 0.575. The van der Waals surface area contributed by atoms with Crippen LogP contribution in [-0.2, 0) is 4.79 Å². The van der Waals surface area contributed by atoms with Crippen LogP contribution in [0.25, 0.3) is 0 Å². The first-order valence-electron chi connectivity index (χ1n) is 3.19. The highest BCUT2D eigenvalue weighted by Crippen LogP contribution is 2.32. The van der Waals surface area contributed by atoms with Crippen LogP contribution in [0.1, 0.15) is 5.56 Å². The van der Waals surface area contributed by atoms with Gasteiger partial charge in [-0.1, -0.05) is 11.6 Å². The Labute approximate surface area is 83.4 Å². The highest BCUT2D eigenvalue weighted by molar-refractivity contribution is 9.10. The van der Waals surface area contributed by atoms with Gasteiger partial charge in [-0.3, -0.25) is 0 Å². The van der Waals surface area contributed by atoms with Crippen LogP contribution in [0.2, 0.25) is 5.02 Å². The number of benzene rings is 1. The fourth-order valence-electron chi connectivity index (χ4n) is 0.812. The Hall–Kier alpha value is -0.630. The lowest BCUT2D eigenvalue weighted by molar-refractivity contribution is 0.565. The quantitative estimate of drug-likeness (QED) is 0.552. The third-order valence-electron chi connectivity index (χ3n) is 1.48. The molecule has 0 bridgehead atoms. The van der Waals surface area contributed by atoms with Gasteiger partial charge in [0.05, 0.1) is 10.7 Å². The zero-order valence-electron chi connectivity index (χ0n) is 6.27. The molecule has 0 atom stereocenters. The Kier molecular flexibility index (Phi) is 3.04. The summed E-state index contributed by atoms with van der Waals surface area (Å²) in [4.78, 5) is 13.5. The summed E-state index contributed by atoms with van der Waals surface area (Å²) in [6.07, 6.45) is 1.47. The van der Waals surface area contributed by atoms with Gasteiger partial charge in [0.25, 0.3) is 0 Å². The van der Waals surface area contributed by atoms with Crippen LogP contribution < -0.4 is 0 Å². The van der Waals surface area contributed by atoms with Crippen LogP contribution in [-0.4, -0.2) is 6.08 Å². The van der Waals surface area contributed by atoms with Crippen molar-refractivity contribution in [3.05, 3.63) is 27.2 Å². The van der Waals surface area contributed by atoms with Crippen molar-refractivity contribution in [1.82, 2.24) is 0 Å². The molecule has 0 unspecified atom stereocenters. The standard InChI is InChI=1S/C8H5BrClNO/c1-5-7(11-4-12)3-2-6(9)8(5)10/h2-3H,1H3. The molecule has 0 radical (unpaired) electrons. The van der Waals surface area contributed by atoms with E-state index < -0.39 is 0 Å². The molecule has 0 fully saturated rings. The lowest BCUT2D eigenvalue weighted by atomic mass is 10.2. The van der Waals surface area contributed by atoms with Gasteiger partial charge < -0.3 is 0 Å². The minimum absolute atomic E-state index is 0.554. The molecule has 0 aromatic heterocycles. The van der Waals surface area contributed by atoms with E-state index in [4.69, 9.17) is 11.6 Å². The molecular weight excluding hydrogens is 241 g/mol. The predicted molar refractivity (Wildman–Crippen MR) is 51.7 cm³/mol. The fraction of sp³-hybridized carbons (Fsp3) is 0.125. The van der Waals surface area contributed by atoms with E-state index in [0.29, 0.717) is 10.7 Å². The van der Waals surface area contributed by atoms with E-state index >= 15 is 0 Å². The van der Waals surface area contributed by atoms with Crippen molar-refractivity contribution < 1.29 is 4.79 Å². The van der Waals surface area contributed by atoms with E-state index in [9.17, 15) is 4.79 Å². The molecule has 1 aromatic carbocycles. The maximum absolute atomic E-state index is 9.98. The van der Waals surface area contributed by atoms with E-state index in [0.717, 1.165) is 10.0 Å². The minimum atomic E-state index is 0.554. The summed E-state index contributed by atoms with van der Waals surface area (Å²) in [7, 11) is 0. The van der Waals surface area contributed by atoms with Gasteiger partial charge in [0.1, 0.15) is 0 Å². The zero-order valence-corrected chi connectivity index (χ0v) is 8.61. The molecular formula is C8H5BrClNO. The number of isocyanates is 1. The summed E-state index contributed by atoms with van der Waals surface area (Å²) in [6, 6.07) is 3.45. The highest BCUT2D eigenvalue weighted by atomic mass is 79.9. The average molecular weight is 246 g/mol. The molecule has 0 aliphatic carbocycles. The van der Waals surface area contributed by atoms with Crippen LogP contribution in [0.5, 0.6) is 0 Å². The van der Waals surface area contributed by atoms with Crippen molar-refractivity contribution in [3.8, 4) is 0 Å². The SMILES string of the molecule is Cc1c(N=C=O)ccc(Br)c1Cl. The van der Waals surface area contributed by atoms with Crippen molar-refractivity contribution in [3.63, 3.8) is 0 Å². The van der Waals surface area contributed by atoms with Crippen LogP contribution >= 0.6 is 27.5 Å². The Bertz CT molecular complexity index is 358. The van der Waals surface area contributed by atoms with Gasteiger partial charge in [0, 0.05) is 4.47 Å². The molecule has 12 heavy (non-hydrogen) atoms. The number of halogens is 2. The summed E-state index contributed by atoms with van der Waals surface area (Å²) in [5.41, 5.74) is 1.33. The largest absolute Gasteiger partial charge is 0.240 e. The molecule has 0 aliphatic heterocycles. The van der Waals surface area contributed by atoms with E-state index in [1.165, 1.54) is 6.08 Å². The topological polar surface area (TPSA) is 29.4 Å². The van der Waals surface area contributed by atoms with E-state index in [-0.39, 0.29) is 0 Å². The lowest BCUT2D eigenvalue weighted by Crippen LogP contribution is -1.77. The molecule has 0 N–H and O–H groups in total. The molecule has 0 saturated carbocycles. The Morgan fingerprint density at radius 3 is 2.83 bits per heavy atom. The van der Waals surface area contributed by atoms with Gasteiger partial charge >= 0.3 is 0 Å². The maximum Gasteiger partial charge on any atom is 0.240 e. The normalized spacial score (nSPS) is 9.25. The highest BCUT2D eigenvalue weighted by Gasteiger charge is 2.04. The van der Waals surface area contributed by atoms with E-state index in [1.807, 2.05) is 0 Å². The number of rotatable bonds is 1. The Morgan fingerprint density at radius 1 is 1.58 bits per heavy atom. The maximum atomic E-state index is 9.98. The first-order chi connectivity index (χ1) is 5.66. The second-order valence-electron chi connectivity index (χ2n) is 2.21. The third-order valence-corrected chi connectivity index (χ3v) is 2.85. The van der Waals surface area contributed by atoms with E-state index in [2.05, 4.69) is 20.9 Å². The molecule has 4 heteroatoms. The second-order valence-corrected chi connectivity index (χ2v) is 3.44. The number of hydrogen-bond acceptors (Lipinski definition) is 2. The molecule has 0 spiro atoms. The summed E-state index contributed by atoms with van der Waals surface area (Å²) < 4.78 is 0.798. The van der Waals surface area contributed by atoms with Crippen molar-refractivity contribution >= 4 is 39.3 Å². The van der Waals surface area contributed by atoms with Gasteiger partial charge in [-0.05, 0) is 40.5 Å². The summed E-state index contributed by atoms with van der Waals surface area (Å²) in [5.74, 6) is 0. The van der Waals surface area contributed by atoms with Gasteiger partial charge in [-0.2, -0.15) is 4.99 Å². The van der Waals surface area contributed by atoms with Gasteiger partial charge in [0.2, 0.25) is 6.08 Å². The monoisotopic (exact) mass is 245 g/mol. The molecule has 1 aromatic rings. The number of nitrogens with zero attached hydrogens (tertiary/aromatic N) is 1. The molecule has 1 rings (SSSR count). The third kappa shape index (κ3) is 1.75. The van der Waals surface area contributed by atoms with Crippen molar-refractivity contribution in [2.24, 2.45) is 4.99 Å². The minimum Gasteiger partial charge on any atom is -0.211 e. The van der Waals surface area contributed by atoms with Crippen molar-refractivity contribution in [2.75, 3.05) is 0 Å². The average Bonchev–Trinajstić information content (AvgIpc) is 2.07. The summed E-state index contributed by atoms with van der Waals surface area (Å²) >= 11 is 9.14. The predicted octanol–water partition coefficient (Wildman–Crippen LogP) is 3.38. The van der Waals surface area contributed by atoms with Gasteiger partial charge in [0.15, 0.2) is 0 Å². The number of carbonyl (C=O) groups excluding carboxylic acids is 1. The first-order valence-corrected chi connectivity index (χ1v) is 4.36. The Balaban J connectivity index is 3.35. The molecule has 0 aliphatic rings. The fourth-order valence-corrected chi connectivity index (χ4v) is 1.40. The molecule has 0 heterocycles. The van der Waals surface area contributed by atoms with Crippen LogP contribution in [0, 0.1) is 6.92 Å². The zero-order chi connectivity index (χ0) is 9.14. The summed E-state index contributed by atoms with van der Waals surface area (Å²) in [6.45, 7) is 1.79. The number of aliphatic imine (C=N–C) groups is 1. The smallest absolute Gasteiger partial charge is 0.211 e. The molecule has 0 saturated heterocycles. The molecule has 0 amide bonds. The van der Waals surface area contributed by atoms with Crippen molar-refractivity contribution in [2.45, 2.75) is 6.92 Å². The van der Waals surface area contributed by atoms with Crippen LogP contribution in [0.15, 0.2) is 21.6 Å². The van der Waals surface area contributed by atoms with Crippen LogP contribution in [0.4, 0.5) is 5.69 Å². The van der Waals surface area contributed by atoms with Crippen molar-refractivity contribution in [1.29, 1.82) is 0 Å². The second kappa shape index (κ2) is 3.85. The molecule has 62 valence electrons. The lowest BCUT2D eigenvalue weighted by Gasteiger charge is -2.02. The van der Waals surface area contributed by atoms with Crippen LogP contribution in [0.3, 0.4) is 0 Å². The van der Waals surface area contributed by atoms with E-state index in [1.54, 1.807) is 19.1 Å². The molecule has 2 nitrogen and oxygen atoms in total. The van der Waals surface area contributed by atoms with Gasteiger partial charge in [-0.25, -0.2) is 4.79 Å². The number of hydrogen-bond donors (Lipinski definition) is 0. The Morgan fingerprint density at radius 2 is 2.25 bits per heavy atom.